The number of anilines is 1. The molecule has 2 heterocycles. The summed E-state index contributed by atoms with van der Waals surface area (Å²) in [5.74, 6) is 0.700. The molecule has 0 N–H and O–H groups in total. The van der Waals surface area contributed by atoms with Crippen molar-refractivity contribution in [1.29, 1.82) is 0 Å². The summed E-state index contributed by atoms with van der Waals surface area (Å²) in [6.45, 7) is 3.71. The molecule has 4 aromatic rings. The fraction of sp³-hybridized carbons (Fsp3) is 0.286. The van der Waals surface area contributed by atoms with Crippen LogP contribution in [0.3, 0.4) is 0 Å². The first-order valence-corrected chi connectivity index (χ1v) is 11.9. The van der Waals surface area contributed by atoms with Crippen LogP contribution in [0.5, 0.6) is 0 Å². The van der Waals surface area contributed by atoms with E-state index in [0.29, 0.717) is 17.3 Å². The minimum absolute atomic E-state index is 0.0224. The zero-order chi connectivity index (χ0) is 23.7. The van der Waals surface area contributed by atoms with E-state index in [2.05, 4.69) is 36.2 Å². The van der Waals surface area contributed by atoms with E-state index in [1.165, 1.54) is 0 Å². The number of nitrogens with zero attached hydrogens (tertiary/aromatic N) is 4. The summed E-state index contributed by atoms with van der Waals surface area (Å²) in [7, 11) is 8.05. The zero-order valence-electron chi connectivity index (χ0n) is 19.8. The summed E-state index contributed by atoms with van der Waals surface area (Å²) in [5.41, 5.74) is 3.91. The number of hydrogen-bond acceptors (Lipinski definition) is 4. The van der Waals surface area contributed by atoms with Crippen LogP contribution in [0, 0.1) is 6.92 Å². The van der Waals surface area contributed by atoms with Crippen LogP contribution in [0.15, 0.2) is 83.7 Å². The van der Waals surface area contributed by atoms with Gasteiger partial charge in [-0.05, 0) is 62.2 Å². The van der Waals surface area contributed by atoms with Crippen molar-refractivity contribution in [2.45, 2.75) is 31.8 Å². The standard InChI is InChI=1S/C28H29BN4O/c1-20-30-26-19-24(31(2)23-15-17-32(29)18-16-23)13-14-25(26)28(34)33(20)27(21-9-5-3-6-10-21)22-11-7-4-8-12-22/h3-14,19,23,27H,15-18H2,1-2H3. The molecule has 1 fully saturated rings. The first-order valence-electron chi connectivity index (χ1n) is 11.9. The minimum Gasteiger partial charge on any atom is -0.371 e. The van der Waals surface area contributed by atoms with E-state index in [4.69, 9.17) is 13.0 Å². The molecule has 1 aliphatic rings. The van der Waals surface area contributed by atoms with Gasteiger partial charge in [0, 0.05) is 18.8 Å². The van der Waals surface area contributed by atoms with Crippen molar-refractivity contribution in [2.24, 2.45) is 0 Å². The van der Waals surface area contributed by atoms with E-state index in [0.717, 1.165) is 48.3 Å². The van der Waals surface area contributed by atoms with E-state index in [1.54, 1.807) is 0 Å². The van der Waals surface area contributed by atoms with E-state index in [1.807, 2.05) is 70.9 Å². The van der Waals surface area contributed by atoms with Crippen LogP contribution in [0.2, 0.25) is 0 Å². The highest BCUT2D eigenvalue weighted by atomic mass is 16.1. The van der Waals surface area contributed by atoms with Crippen molar-refractivity contribution in [1.82, 2.24) is 14.4 Å². The van der Waals surface area contributed by atoms with Crippen molar-refractivity contribution in [3.05, 3.63) is 106 Å². The second-order valence-corrected chi connectivity index (χ2v) is 9.14. The maximum absolute atomic E-state index is 13.8. The number of rotatable bonds is 5. The second-order valence-electron chi connectivity index (χ2n) is 9.14. The monoisotopic (exact) mass is 448 g/mol. The summed E-state index contributed by atoms with van der Waals surface area (Å²) < 4.78 is 1.83. The topological polar surface area (TPSA) is 41.4 Å². The van der Waals surface area contributed by atoms with Crippen LogP contribution in [0.1, 0.15) is 35.8 Å². The minimum atomic E-state index is -0.240. The molecule has 1 aliphatic heterocycles. The van der Waals surface area contributed by atoms with Gasteiger partial charge in [-0.25, -0.2) is 4.98 Å². The number of hydrogen-bond donors (Lipinski definition) is 0. The fourth-order valence-electron chi connectivity index (χ4n) is 5.07. The van der Waals surface area contributed by atoms with E-state index in [-0.39, 0.29) is 11.6 Å². The molecule has 1 aromatic heterocycles. The third-order valence-electron chi connectivity index (χ3n) is 7.00. The molecular weight excluding hydrogens is 419 g/mol. The second kappa shape index (κ2) is 9.47. The lowest BCUT2D eigenvalue weighted by Crippen LogP contribution is -2.42. The van der Waals surface area contributed by atoms with E-state index < -0.39 is 0 Å². The molecule has 0 bridgehead atoms. The summed E-state index contributed by atoms with van der Waals surface area (Å²) in [6, 6.07) is 26.5. The Kier molecular flexibility index (Phi) is 6.25. The van der Waals surface area contributed by atoms with Gasteiger partial charge in [0.2, 0.25) is 0 Å². The average molecular weight is 448 g/mol. The molecule has 2 radical (unpaired) electrons. The highest BCUT2D eigenvalue weighted by molar-refractivity contribution is 6.04. The molecule has 3 aromatic carbocycles. The highest BCUT2D eigenvalue weighted by Gasteiger charge is 2.23. The predicted octanol–water partition coefficient (Wildman–Crippen LogP) is 4.33. The predicted molar refractivity (Wildman–Crippen MR) is 140 cm³/mol. The Hall–Kier alpha value is -3.38. The molecule has 0 unspecified atom stereocenters. The quantitative estimate of drug-likeness (QED) is 0.427. The van der Waals surface area contributed by atoms with Crippen molar-refractivity contribution < 1.29 is 0 Å². The van der Waals surface area contributed by atoms with Crippen LogP contribution in [-0.2, 0) is 0 Å². The number of fused-ring (bicyclic) bond motifs is 1. The van der Waals surface area contributed by atoms with Gasteiger partial charge in [-0.1, -0.05) is 60.7 Å². The molecule has 170 valence electrons. The Morgan fingerprint density at radius 1 is 0.941 bits per heavy atom. The van der Waals surface area contributed by atoms with Gasteiger partial charge in [0.1, 0.15) is 5.82 Å². The molecule has 5 rings (SSSR count). The molecule has 0 atom stereocenters. The van der Waals surface area contributed by atoms with Crippen LogP contribution in [0.4, 0.5) is 5.69 Å². The molecule has 0 spiro atoms. The molecule has 1 saturated heterocycles. The van der Waals surface area contributed by atoms with E-state index >= 15 is 0 Å². The van der Waals surface area contributed by atoms with Crippen molar-refractivity contribution in [2.75, 3.05) is 25.0 Å². The lowest BCUT2D eigenvalue weighted by molar-refractivity contribution is 0.329. The van der Waals surface area contributed by atoms with Crippen molar-refractivity contribution in [3.63, 3.8) is 0 Å². The third-order valence-corrected chi connectivity index (χ3v) is 7.00. The van der Waals surface area contributed by atoms with Crippen LogP contribution in [0.25, 0.3) is 10.9 Å². The zero-order valence-corrected chi connectivity index (χ0v) is 19.8. The molecule has 0 aliphatic carbocycles. The normalized spacial score (nSPS) is 15.1. The first-order chi connectivity index (χ1) is 16.5. The molecular formula is C28H29BN4O. The molecule has 0 saturated carbocycles. The number of benzene rings is 3. The summed E-state index contributed by atoms with van der Waals surface area (Å²) in [5, 5.41) is 0.636. The van der Waals surface area contributed by atoms with Gasteiger partial charge in [0.25, 0.3) is 5.56 Å². The maximum Gasteiger partial charge on any atom is 0.262 e. The summed E-state index contributed by atoms with van der Waals surface area (Å²) in [4.78, 5) is 22.9. The Morgan fingerprint density at radius 2 is 1.53 bits per heavy atom. The summed E-state index contributed by atoms with van der Waals surface area (Å²) >= 11 is 0. The number of aromatic nitrogens is 2. The lowest BCUT2D eigenvalue weighted by Gasteiger charge is -2.36. The van der Waals surface area contributed by atoms with Crippen molar-refractivity contribution in [3.8, 4) is 0 Å². The first kappa shape index (κ1) is 22.4. The molecule has 5 nitrogen and oxygen atoms in total. The average Bonchev–Trinajstić information content (AvgIpc) is 2.87. The van der Waals surface area contributed by atoms with Crippen LogP contribution >= 0.6 is 0 Å². The van der Waals surface area contributed by atoms with Gasteiger partial charge in [0.15, 0.2) is 7.98 Å². The Morgan fingerprint density at radius 3 is 2.12 bits per heavy atom. The largest absolute Gasteiger partial charge is 0.371 e. The number of aryl methyl sites for hydroxylation is 1. The van der Waals surface area contributed by atoms with Crippen LogP contribution < -0.4 is 10.5 Å². The Bertz CT molecular complexity index is 1290. The van der Waals surface area contributed by atoms with Gasteiger partial charge in [-0.3, -0.25) is 9.36 Å². The molecule has 6 heteroatoms. The number of piperidine rings is 1. The van der Waals surface area contributed by atoms with Gasteiger partial charge in [-0.15, -0.1) is 0 Å². The SMILES string of the molecule is [B]N1CCC(N(C)c2ccc3c(=O)n(C(c4ccccc4)c4ccccc4)c(C)nc3c2)CC1. The van der Waals surface area contributed by atoms with Gasteiger partial charge in [-0.2, -0.15) is 0 Å². The molecule has 34 heavy (non-hydrogen) atoms. The highest BCUT2D eigenvalue weighted by Crippen LogP contribution is 2.28. The Balaban J connectivity index is 1.59. The van der Waals surface area contributed by atoms with Crippen molar-refractivity contribution >= 4 is 24.6 Å². The third kappa shape index (κ3) is 4.26. The van der Waals surface area contributed by atoms with Crippen LogP contribution in [-0.4, -0.2) is 48.5 Å². The van der Waals surface area contributed by atoms with E-state index in [9.17, 15) is 4.79 Å². The maximum atomic E-state index is 13.8. The lowest BCUT2D eigenvalue weighted by atomic mass is 9.98. The smallest absolute Gasteiger partial charge is 0.262 e. The Labute approximate surface area is 202 Å². The fourth-order valence-corrected chi connectivity index (χ4v) is 5.07. The van der Waals surface area contributed by atoms with Gasteiger partial charge >= 0.3 is 0 Å². The molecule has 0 amide bonds. The van der Waals surface area contributed by atoms with Gasteiger partial charge < -0.3 is 9.71 Å². The summed E-state index contributed by atoms with van der Waals surface area (Å²) in [6.07, 6.45) is 2.05. The van der Waals surface area contributed by atoms with Gasteiger partial charge in [0.05, 0.1) is 16.9 Å².